The van der Waals surface area contributed by atoms with Gasteiger partial charge in [-0.05, 0) is 30.4 Å². The first-order chi connectivity index (χ1) is 15.0. The van der Waals surface area contributed by atoms with Gasteiger partial charge in [0.05, 0.1) is 11.8 Å². The number of hydrogen-bond acceptors (Lipinski definition) is 4. The molecule has 0 aliphatic rings. The van der Waals surface area contributed by atoms with E-state index >= 15 is 0 Å². The highest BCUT2D eigenvalue weighted by Gasteiger charge is 2.27. The van der Waals surface area contributed by atoms with Crippen molar-refractivity contribution in [3.05, 3.63) is 71.8 Å². The average molecular weight is 425 g/mol. The van der Waals surface area contributed by atoms with E-state index in [0.29, 0.717) is 6.42 Å². The SMILES string of the molecule is CCCC(OC(=O)C(C)CC(C)C(=O)OC(CCC)c1ccccc1)c1ccccc1. The molecule has 0 radical (unpaired) electrons. The highest BCUT2D eigenvalue weighted by atomic mass is 16.5. The first kappa shape index (κ1) is 24.6. The van der Waals surface area contributed by atoms with Crippen LogP contribution < -0.4 is 0 Å². The Kier molecular flexibility index (Phi) is 10.3. The first-order valence-corrected chi connectivity index (χ1v) is 11.5. The third-order valence-corrected chi connectivity index (χ3v) is 5.47. The molecule has 2 rings (SSSR count). The summed E-state index contributed by atoms with van der Waals surface area (Å²) in [5.74, 6) is -1.30. The molecule has 0 saturated carbocycles. The van der Waals surface area contributed by atoms with Crippen LogP contribution in [0.4, 0.5) is 0 Å². The molecule has 0 heterocycles. The quantitative estimate of drug-likeness (QED) is 0.351. The topological polar surface area (TPSA) is 52.6 Å². The van der Waals surface area contributed by atoms with E-state index < -0.39 is 0 Å². The second kappa shape index (κ2) is 12.9. The van der Waals surface area contributed by atoms with Gasteiger partial charge in [-0.1, -0.05) is 101 Å². The van der Waals surface area contributed by atoms with Crippen molar-refractivity contribution < 1.29 is 19.1 Å². The Bertz CT molecular complexity index is 720. The fourth-order valence-corrected chi connectivity index (χ4v) is 3.68. The third kappa shape index (κ3) is 7.86. The molecule has 0 bridgehead atoms. The van der Waals surface area contributed by atoms with Gasteiger partial charge in [-0.3, -0.25) is 9.59 Å². The predicted molar refractivity (Wildman–Crippen MR) is 123 cm³/mol. The van der Waals surface area contributed by atoms with Crippen LogP contribution >= 0.6 is 0 Å². The lowest BCUT2D eigenvalue weighted by Gasteiger charge is -2.23. The van der Waals surface area contributed by atoms with Crippen molar-refractivity contribution in [3.8, 4) is 0 Å². The number of rotatable bonds is 12. The van der Waals surface area contributed by atoms with Crippen molar-refractivity contribution in [2.24, 2.45) is 11.8 Å². The summed E-state index contributed by atoms with van der Waals surface area (Å²) in [4.78, 5) is 25.5. The van der Waals surface area contributed by atoms with Gasteiger partial charge in [-0.2, -0.15) is 0 Å². The van der Waals surface area contributed by atoms with E-state index in [1.165, 1.54) is 0 Å². The van der Waals surface area contributed by atoms with Gasteiger partial charge < -0.3 is 9.47 Å². The van der Waals surface area contributed by atoms with E-state index in [1.807, 2.05) is 74.5 Å². The normalized spacial score (nSPS) is 14.8. The zero-order valence-corrected chi connectivity index (χ0v) is 19.3. The van der Waals surface area contributed by atoms with Crippen molar-refractivity contribution in [2.75, 3.05) is 0 Å². The molecule has 4 heteroatoms. The lowest BCUT2D eigenvalue weighted by Crippen LogP contribution is -2.25. The number of hydrogen-bond donors (Lipinski definition) is 0. The summed E-state index contributed by atoms with van der Waals surface area (Å²) in [6, 6.07) is 19.6. The van der Waals surface area contributed by atoms with E-state index in [4.69, 9.17) is 9.47 Å². The molecular formula is C27H36O4. The van der Waals surface area contributed by atoms with Gasteiger partial charge in [-0.15, -0.1) is 0 Å². The van der Waals surface area contributed by atoms with Crippen LogP contribution in [-0.4, -0.2) is 11.9 Å². The van der Waals surface area contributed by atoms with Gasteiger partial charge in [0.25, 0.3) is 0 Å². The average Bonchev–Trinajstić information content (AvgIpc) is 2.79. The number of carbonyl (C=O) groups excluding carboxylic acids is 2. The molecule has 0 aliphatic carbocycles. The summed E-state index contributed by atoms with van der Waals surface area (Å²) in [5, 5.41) is 0. The Morgan fingerprint density at radius 3 is 1.35 bits per heavy atom. The monoisotopic (exact) mass is 424 g/mol. The lowest BCUT2D eigenvalue weighted by atomic mass is 9.96. The maximum absolute atomic E-state index is 12.7. The van der Waals surface area contributed by atoms with E-state index in [-0.39, 0.29) is 36.0 Å². The van der Waals surface area contributed by atoms with Gasteiger partial charge in [0, 0.05) is 0 Å². The van der Waals surface area contributed by atoms with Crippen molar-refractivity contribution in [2.45, 2.75) is 72.0 Å². The molecule has 4 atom stereocenters. The van der Waals surface area contributed by atoms with Crippen LogP contribution in [-0.2, 0) is 19.1 Å². The second-order valence-electron chi connectivity index (χ2n) is 8.29. The molecule has 0 fully saturated rings. The highest BCUT2D eigenvalue weighted by Crippen LogP contribution is 2.27. The second-order valence-corrected chi connectivity index (χ2v) is 8.29. The third-order valence-electron chi connectivity index (χ3n) is 5.47. The maximum Gasteiger partial charge on any atom is 0.309 e. The molecule has 2 aromatic carbocycles. The van der Waals surface area contributed by atoms with Crippen LogP contribution in [0.3, 0.4) is 0 Å². The van der Waals surface area contributed by atoms with Crippen LogP contribution in [0, 0.1) is 11.8 Å². The smallest absolute Gasteiger partial charge is 0.309 e. The molecule has 2 aromatic rings. The zero-order chi connectivity index (χ0) is 22.6. The van der Waals surface area contributed by atoms with Crippen LogP contribution in [0.2, 0.25) is 0 Å². The van der Waals surface area contributed by atoms with Crippen LogP contribution in [0.25, 0.3) is 0 Å². The maximum atomic E-state index is 12.7. The molecular weight excluding hydrogens is 388 g/mol. The van der Waals surface area contributed by atoms with E-state index in [9.17, 15) is 9.59 Å². The molecule has 0 N–H and O–H groups in total. The minimum Gasteiger partial charge on any atom is -0.457 e. The Morgan fingerprint density at radius 2 is 1.03 bits per heavy atom. The predicted octanol–water partition coefficient (Wildman–Crippen LogP) is 6.82. The Morgan fingerprint density at radius 1 is 0.677 bits per heavy atom. The Hall–Kier alpha value is -2.62. The van der Waals surface area contributed by atoms with Crippen molar-refractivity contribution in [3.63, 3.8) is 0 Å². The van der Waals surface area contributed by atoms with Crippen LogP contribution in [0.5, 0.6) is 0 Å². The van der Waals surface area contributed by atoms with Gasteiger partial charge in [-0.25, -0.2) is 0 Å². The minimum absolute atomic E-state index is 0.254. The first-order valence-electron chi connectivity index (χ1n) is 11.5. The molecule has 31 heavy (non-hydrogen) atoms. The van der Waals surface area contributed by atoms with Crippen LogP contribution in [0.15, 0.2) is 60.7 Å². The van der Waals surface area contributed by atoms with Gasteiger partial charge >= 0.3 is 11.9 Å². The van der Waals surface area contributed by atoms with E-state index in [1.54, 1.807) is 0 Å². The molecule has 4 unspecified atom stereocenters. The number of esters is 2. The lowest BCUT2D eigenvalue weighted by molar-refractivity contribution is -0.158. The van der Waals surface area contributed by atoms with Gasteiger partial charge in [0.15, 0.2) is 0 Å². The number of ether oxygens (including phenoxy) is 2. The summed E-state index contributed by atoms with van der Waals surface area (Å²) in [7, 11) is 0. The molecule has 4 nitrogen and oxygen atoms in total. The number of carbonyl (C=O) groups is 2. The van der Waals surface area contributed by atoms with E-state index in [0.717, 1.165) is 36.8 Å². The van der Waals surface area contributed by atoms with Crippen molar-refractivity contribution >= 4 is 11.9 Å². The number of benzene rings is 2. The summed E-state index contributed by atoms with van der Waals surface area (Å²) in [5.41, 5.74) is 2.00. The summed E-state index contributed by atoms with van der Waals surface area (Å²) in [6.45, 7) is 7.79. The van der Waals surface area contributed by atoms with Crippen molar-refractivity contribution in [1.29, 1.82) is 0 Å². The molecule has 0 saturated heterocycles. The van der Waals surface area contributed by atoms with E-state index in [2.05, 4.69) is 13.8 Å². The molecule has 168 valence electrons. The zero-order valence-electron chi connectivity index (χ0n) is 19.3. The largest absolute Gasteiger partial charge is 0.457 e. The summed E-state index contributed by atoms with van der Waals surface area (Å²) in [6.07, 6.45) is 3.28. The fourth-order valence-electron chi connectivity index (χ4n) is 3.68. The standard InChI is InChI=1S/C27H36O4/c1-5-13-24(22-15-9-7-10-16-22)30-26(28)20(3)19-21(4)27(29)31-25(14-6-2)23-17-11-8-12-18-23/h7-12,15-18,20-21,24-25H,5-6,13-14,19H2,1-4H3. The van der Waals surface area contributed by atoms with Crippen LogP contribution in [0.1, 0.15) is 83.1 Å². The molecule has 0 spiro atoms. The summed E-state index contributed by atoms with van der Waals surface area (Å²) < 4.78 is 11.6. The Labute approximate surface area is 187 Å². The molecule has 0 aliphatic heterocycles. The molecule has 0 amide bonds. The fraction of sp³-hybridized carbons (Fsp3) is 0.481. The van der Waals surface area contributed by atoms with Gasteiger partial charge in [0.1, 0.15) is 12.2 Å². The molecule has 0 aromatic heterocycles. The summed E-state index contributed by atoms with van der Waals surface area (Å²) >= 11 is 0. The van der Waals surface area contributed by atoms with Crippen molar-refractivity contribution in [1.82, 2.24) is 0 Å². The minimum atomic E-state index is -0.382. The van der Waals surface area contributed by atoms with Gasteiger partial charge in [0.2, 0.25) is 0 Å². The Balaban J connectivity index is 1.94. The highest BCUT2D eigenvalue weighted by molar-refractivity contribution is 5.76.